The van der Waals surface area contributed by atoms with Crippen LogP contribution in [0.15, 0.2) is 22.7 Å². The number of phenols is 1. The van der Waals surface area contributed by atoms with E-state index in [4.69, 9.17) is 0 Å². The number of hydrogen-bond donors (Lipinski definition) is 1. The third-order valence-electron chi connectivity index (χ3n) is 2.05. The molecule has 0 amide bonds. The summed E-state index contributed by atoms with van der Waals surface area (Å²) in [7, 11) is 3.82. The van der Waals surface area contributed by atoms with Gasteiger partial charge in [-0.1, -0.05) is 15.9 Å². The van der Waals surface area contributed by atoms with Crippen molar-refractivity contribution in [2.24, 2.45) is 0 Å². The second-order valence-electron chi connectivity index (χ2n) is 3.64. The van der Waals surface area contributed by atoms with Crippen molar-refractivity contribution in [3.8, 4) is 5.75 Å². The standard InChI is InChI=1S/C11H14BrNO2/c1-13(2)6-5-10(14)9-4-3-8(12)7-11(9)15/h3-4,7,15H,5-6H2,1-2H3. The summed E-state index contributed by atoms with van der Waals surface area (Å²) in [5.41, 5.74) is 0.389. The Morgan fingerprint density at radius 1 is 1.47 bits per heavy atom. The zero-order valence-corrected chi connectivity index (χ0v) is 10.4. The van der Waals surface area contributed by atoms with Crippen molar-refractivity contribution in [1.29, 1.82) is 0 Å². The van der Waals surface area contributed by atoms with Gasteiger partial charge in [-0.15, -0.1) is 0 Å². The first kappa shape index (κ1) is 12.2. The quantitative estimate of drug-likeness (QED) is 0.855. The average Bonchev–Trinajstić information content (AvgIpc) is 2.14. The topological polar surface area (TPSA) is 40.5 Å². The first-order chi connectivity index (χ1) is 7.00. The fraction of sp³-hybridized carbons (Fsp3) is 0.364. The summed E-state index contributed by atoms with van der Waals surface area (Å²) in [5.74, 6) is 0.00170. The van der Waals surface area contributed by atoms with Crippen LogP contribution < -0.4 is 0 Å². The number of benzene rings is 1. The minimum Gasteiger partial charge on any atom is -0.507 e. The van der Waals surface area contributed by atoms with Gasteiger partial charge in [0.2, 0.25) is 0 Å². The normalized spacial score (nSPS) is 10.7. The van der Waals surface area contributed by atoms with Crippen molar-refractivity contribution < 1.29 is 9.90 Å². The Balaban J connectivity index is 2.74. The summed E-state index contributed by atoms with van der Waals surface area (Å²) in [6, 6.07) is 4.92. The maximum Gasteiger partial charge on any atom is 0.167 e. The third-order valence-corrected chi connectivity index (χ3v) is 2.54. The highest BCUT2D eigenvalue weighted by Crippen LogP contribution is 2.23. The van der Waals surface area contributed by atoms with Gasteiger partial charge in [-0.3, -0.25) is 4.79 Å². The van der Waals surface area contributed by atoms with Crippen LogP contribution in [0.25, 0.3) is 0 Å². The number of rotatable bonds is 4. The Morgan fingerprint density at radius 3 is 2.67 bits per heavy atom. The summed E-state index contributed by atoms with van der Waals surface area (Å²) in [6.45, 7) is 0.689. The number of halogens is 1. The smallest absolute Gasteiger partial charge is 0.167 e. The van der Waals surface area contributed by atoms with Gasteiger partial charge in [0.1, 0.15) is 5.75 Å². The van der Waals surface area contributed by atoms with Gasteiger partial charge in [-0.25, -0.2) is 0 Å². The van der Waals surface area contributed by atoms with Gasteiger partial charge < -0.3 is 10.0 Å². The van der Waals surface area contributed by atoms with Gasteiger partial charge in [0, 0.05) is 17.4 Å². The molecule has 3 nitrogen and oxygen atoms in total. The van der Waals surface area contributed by atoms with Crippen molar-refractivity contribution in [2.75, 3.05) is 20.6 Å². The Bertz CT molecular complexity index is 364. The molecule has 0 aliphatic heterocycles. The number of ketones is 1. The van der Waals surface area contributed by atoms with Crippen LogP contribution in [0, 0.1) is 0 Å². The van der Waals surface area contributed by atoms with Crippen LogP contribution >= 0.6 is 15.9 Å². The second-order valence-corrected chi connectivity index (χ2v) is 4.55. The van der Waals surface area contributed by atoms with Gasteiger partial charge in [-0.05, 0) is 32.3 Å². The molecule has 4 heteroatoms. The van der Waals surface area contributed by atoms with E-state index in [0.29, 0.717) is 18.5 Å². The summed E-state index contributed by atoms with van der Waals surface area (Å²) in [4.78, 5) is 13.6. The molecule has 0 heterocycles. The molecule has 1 aromatic rings. The fourth-order valence-electron chi connectivity index (χ4n) is 1.20. The highest BCUT2D eigenvalue weighted by atomic mass is 79.9. The lowest BCUT2D eigenvalue weighted by Crippen LogP contribution is -2.16. The molecule has 0 saturated heterocycles. The number of Topliss-reactive ketones (excluding diaryl/α,β-unsaturated/α-hetero) is 1. The largest absolute Gasteiger partial charge is 0.507 e. The highest BCUT2D eigenvalue weighted by molar-refractivity contribution is 9.10. The number of aromatic hydroxyl groups is 1. The average molecular weight is 272 g/mol. The number of phenolic OH excluding ortho intramolecular Hbond substituents is 1. The lowest BCUT2D eigenvalue weighted by Gasteiger charge is -2.09. The summed E-state index contributed by atoms with van der Waals surface area (Å²) in [6.07, 6.45) is 0.419. The molecule has 0 saturated carbocycles. The number of carbonyl (C=O) groups excluding carboxylic acids is 1. The molecule has 0 spiro atoms. The van der Waals surface area contributed by atoms with E-state index in [-0.39, 0.29) is 11.5 Å². The number of hydrogen-bond acceptors (Lipinski definition) is 3. The molecular weight excluding hydrogens is 258 g/mol. The fourth-order valence-corrected chi connectivity index (χ4v) is 1.55. The zero-order valence-electron chi connectivity index (χ0n) is 8.83. The van der Waals surface area contributed by atoms with Gasteiger partial charge in [0.05, 0.1) is 5.56 Å². The van der Waals surface area contributed by atoms with Crippen molar-refractivity contribution in [3.05, 3.63) is 28.2 Å². The predicted molar refractivity (Wildman–Crippen MR) is 63.3 cm³/mol. The van der Waals surface area contributed by atoms with E-state index in [0.717, 1.165) is 4.47 Å². The van der Waals surface area contributed by atoms with Crippen LogP contribution in [0.1, 0.15) is 16.8 Å². The molecule has 0 unspecified atom stereocenters. The van der Waals surface area contributed by atoms with Gasteiger partial charge >= 0.3 is 0 Å². The zero-order chi connectivity index (χ0) is 11.4. The van der Waals surface area contributed by atoms with Gasteiger partial charge in [0.15, 0.2) is 5.78 Å². The van der Waals surface area contributed by atoms with Crippen LogP contribution in [0.5, 0.6) is 5.75 Å². The molecule has 1 N–H and O–H groups in total. The molecule has 0 radical (unpaired) electrons. The molecular formula is C11H14BrNO2. The van der Waals surface area contributed by atoms with Crippen molar-refractivity contribution in [3.63, 3.8) is 0 Å². The Morgan fingerprint density at radius 2 is 2.13 bits per heavy atom. The highest BCUT2D eigenvalue weighted by Gasteiger charge is 2.11. The maximum absolute atomic E-state index is 11.7. The molecule has 15 heavy (non-hydrogen) atoms. The van der Waals surface area contributed by atoms with Crippen LogP contribution in [-0.4, -0.2) is 36.4 Å². The van der Waals surface area contributed by atoms with Crippen molar-refractivity contribution >= 4 is 21.7 Å². The SMILES string of the molecule is CN(C)CCC(=O)c1ccc(Br)cc1O. The molecule has 82 valence electrons. The molecule has 1 aromatic carbocycles. The van der Waals surface area contributed by atoms with E-state index in [2.05, 4.69) is 15.9 Å². The first-order valence-corrected chi connectivity index (χ1v) is 5.46. The summed E-state index contributed by atoms with van der Waals surface area (Å²) < 4.78 is 0.768. The maximum atomic E-state index is 11.7. The van der Waals surface area contributed by atoms with E-state index in [1.807, 2.05) is 19.0 Å². The van der Waals surface area contributed by atoms with E-state index in [9.17, 15) is 9.90 Å². The minimum absolute atomic E-state index is 0.0336. The molecule has 0 bridgehead atoms. The Labute approximate surface area is 97.8 Å². The third kappa shape index (κ3) is 3.64. The summed E-state index contributed by atoms with van der Waals surface area (Å²) in [5, 5.41) is 9.56. The van der Waals surface area contributed by atoms with E-state index in [1.165, 1.54) is 6.07 Å². The molecule has 0 aliphatic rings. The first-order valence-electron chi connectivity index (χ1n) is 4.67. The van der Waals surface area contributed by atoms with E-state index in [1.54, 1.807) is 12.1 Å². The lowest BCUT2D eigenvalue weighted by molar-refractivity contribution is 0.0970. The molecule has 0 fully saturated rings. The molecule has 0 aliphatic carbocycles. The minimum atomic E-state index is -0.0336. The molecule has 1 rings (SSSR count). The lowest BCUT2D eigenvalue weighted by atomic mass is 10.1. The molecule has 0 atom stereocenters. The van der Waals surface area contributed by atoms with Crippen molar-refractivity contribution in [2.45, 2.75) is 6.42 Å². The van der Waals surface area contributed by atoms with E-state index >= 15 is 0 Å². The monoisotopic (exact) mass is 271 g/mol. The van der Waals surface area contributed by atoms with E-state index < -0.39 is 0 Å². The van der Waals surface area contributed by atoms with Gasteiger partial charge in [0.25, 0.3) is 0 Å². The summed E-state index contributed by atoms with van der Waals surface area (Å²) >= 11 is 3.23. The second kappa shape index (κ2) is 5.28. The van der Waals surface area contributed by atoms with Crippen LogP contribution in [0.2, 0.25) is 0 Å². The molecule has 0 aromatic heterocycles. The predicted octanol–water partition coefficient (Wildman–Crippen LogP) is 2.29. The van der Waals surface area contributed by atoms with Crippen molar-refractivity contribution in [1.82, 2.24) is 4.90 Å². The van der Waals surface area contributed by atoms with Gasteiger partial charge in [-0.2, -0.15) is 0 Å². The van der Waals surface area contributed by atoms with Crippen LogP contribution in [0.4, 0.5) is 0 Å². The Kier molecular flexibility index (Phi) is 4.29. The number of carbonyl (C=O) groups is 1. The van der Waals surface area contributed by atoms with Crippen LogP contribution in [-0.2, 0) is 0 Å². The Hall–Kier alpha value is -0.870. The number of nitrogens with zero attached hydrogens (tertiary/aromatic N) is 1. The van der Waals surface area contributed by atoms with Crippen LogP contribution in [0.3, 0.4) is 0 Å².